The van der Waals surface area contributed by atoms with Gasteiger partial charge in [0.25, 0.3) is 0 Å². The first-order chi connectivity index (χ1) is 10.7. The van der Waals surface area contributed by atoms with Crippen LogP contribution in [0.1, 0.15) is 55.8 Å². The van der Waals surface area contributed by atoms with E-state index in [1.54, 1.807) is 7.11 Å². The molecular formula is C18H28N2O2. The number of hydrogen-bond acceptors (Lipinski definition) is 2. The summed E-state index contributed by atoms with van der Waals surface area (Å²) >= 11 is 0. The number of carbonyl (C=O) groups excluding carboxylic acids is 1. The number of rotatable bonds is 5. The van der Waals surface area contributed by atoms with Crippen molar-refractivity contribution in [2.45, 2.75) is 57.6 Å². The Bertz CT molecular complexity index is 468. The van der Waals surface area contributed by atoms with Crippen LogP contribution >= 0.6 is 0 Å². The number of amides is 2. The standard InChI is InChI=1S/C18H28N2O2/c1-14-9-7-8-12-16(14)17(22-2)13-19-18(21)20-15-10-5-3-4-6-11-15/h7-9,12,15,17H,3-6,10-11,13H2,1-2H3,(H2,19,20,21). The smallest absolute Gasteiger partial charge is 0.315 e. The van der Waals surface area contributed by atoms with Gasteiger partial charge in [0.05, 0.1) is 6.10 Å². The summed E-state index contributed by atoms with van der Waals surface area (Å²) in [5, 5.41) is 6.05. The van der Waals surface area contributed by atoms with Gasteiger partial charge in [-0.15, -0.1) is 0 Å². The summed E-state index contributed by atoms with van der Waals surface area (Å²) in [6.07, 6.45) is 7.10. The van der Waals surface area contributed by atoms with Crippen LogP contribution in [0.2, 0.25) is 0 Å². The summed E-state index contributed by atoms with van der Waals surface area (Å²) in [6.45, 7) is 2.55. The Morgan fingerprint density at radius 3 is 2.55 bits per heavy atom. The van der Waals surface area contributed by atoms with Crippen LogP contribution in [-0.2, 0) is 4.74 Å². The van der Waals surface area contributed by atoms with Crippen LogP contribution in [0.15, 0.2) is 24.3 Å². The number of hydrogen-bond donors (Lipinski definition) is 2. The van der Waals surface area contributed by atoms with Crippen LogP contribution in [0.4, 0.5) is 4.79 Å². The minimum atomic E-state index is -0.110. The predicted octanol–water partition coefficient (Wildman–Crippen LogP) is 3.70. The molecule has 122 valence electrons. The average Bonchev–Trinajstić information content (AvgIpc) is 2.78. The quantitative estimate of drug-likeness (QED) is 0.815. The second-order valence-electron chi connectivity index (χ2n) is 6.12. The van der Waals surface area contributed by atoms with Crippen molar-refractivity contribution >= 4 is 6.03 Å². The number of nitrogens with one attached hydrogen (secondary N) is 2. The van der Waals surface area contributed by atoms with Crippen molar-refractivity contribution in [2.24, 2.45) is 0 Å². The maximum absolute atomic E-state index is 12.1. The molecule has 0 heterocycles. The van der Waals surface area contributed by atoms with Gasteiger partial charge in [-0.2, -0.15) is 0 Å². The average molecular weight is 304 g/mol. The van der Waals surface area contributed by atoms with Crippen LogP contribution in [0.25, 0.3) is 0 Å². The van der Waals surface area contributed by atoms with Gasteiger partial charge in [-0.1, -0.05) is 49.9 Å². The third-order valence-corrected chi connectivity index (χ3v) is 4.46. The Balaban J connectivity index is 1.82. The molecule has 4 heteroatoms. The molecule has 0 aliphatic heterocycles. The van der Waals surface area contributed by atoms with Gasteiger partial charge >= 0.3 is 6.03 Å². The fourth-order valence-electron chi connectivity index (χ4n) is 3.11. The summed E-state index contributed by atoms with van der Waals surface area (Å²) in [5.41, 5.74) is 2.31. The van der Waals surface area contributed by atoms with Crippen molar-refractivity contribution in [1.82, 2.24) is 10.6 Å². The molecule has 0 bridgehead atoms. The monoisotopic (exact) mass is 304 g/mol. The number of carbonyl (C=O) groups is 1. The normalized spacial score (nSPS) is 17.5. The van der Waals surface area contributed by atoms with Crippen molar-refractivity contribution in [1.29, 1.82) is 0 Å². The van der Waals surface area contributed by atoms with E-state index in [4.69, 9.17) is 4.74 Å². The minimum absolute atomic E-state index is 0.0810. The Labute approximate surface area is 133 Å². The number of urea groups is 1. The lowest BCUT2D eigenvalue weighted by molar-refractivity contribution is 0.103. The van der Waals surface area contributed by atoms with Gasteiger partial charge < -0.3 is 15.4 Å². The van der Waals surface area contributed by atoms with Crippen molar-refractivity contribution in [3.63, 3.8) is 0 Å². The van der Waals surface area contributed by atoms with Gasteiger partial charge in [0.15, 0.2) is 0 Å². The van der Waals surface area contributed by atoms with Crippen LogP contribution in [0.3, 0.4) is 0 Å². The molecule has 2 amide bonds. The Kier molecular flexibility index (Phi) is 6.72. The zero-order chi connectivity index (χ0) is 15.8. The Morgan fingerprint density at radius 2 is 1.91 bits per heavy atom. The number of aryl methyl sites for hydroxylation is 1. The SMILES string of the molecule is COC(CNC(=O)NC1CCCCCC1)c1ccccc1C. The second-order valence-corrected chi connectivity index (χ2v) is 6.12. The molecule has 1 aliphatic carbocycles. The molecule has 2 rings (SSSR count). The zero-order valence-corrected chi connectivity index (χ0v) is 13.7. The molecule has 1 aromatic rings. The van der Waals surface area contributed by atoms with Gasteiger partial charge in [-0.3, -0.25) is 0 Å². The summed E-state index contributed by atoms with van der Waals surface area (Å²) in [7, 11) is 1.68. The molecule has 22 heavy (non-hydrogen) atoms. The molecule has 0 radical (unpaired) electrons. The third-order valence-electron chi connectivity index (χ3n) is 4.46. The van der Waals surface area contributed by atoms with Gasteiger partial charge in [0.1, 0.15) is 0 Å². The molecule has 1 fully saturated rings. The largest absolute Gasteiger partial charge is 0.375 e. The summed E-state index contributed by atoms with van der Waals surface area (Å²) in [6, 6.07) is 8.36. The Morgan fingerprint density at radius 1 is 1.23 bits per heavy atom. The summed E-state index contributed by atoms with van der Waals surface area (Å²) < 4.78 is 5.54. The van der Waals surface area contributed by atoms with E-state index in [0.717, 1.165) is 18.4 Å². The van der Waals surface area contributed by atoms with Gasteiger partial charge in [0.2, 0.25) is 0 Å². The second kappa shape index (κ2) is 8.79. The molecule has 1 aromatic carbocycles. The van der Waals surface area contributed by atoms with E-state index in [0.29, 0.717) is 12.6 Å². The highest BCUT2D eigenvalue weighted by molar-refractivity contribution is 5.74. The molecule has 1 aliphatic rings. The zero-order valence-electron chi connectivity index (χ0n) is 13.7. The van der Waals surface area contributed by atoms with E-state index in [1.807, 2.05) is 18.2 Å². The third kappa shape index (κ3) is 5.02. The molecule has 0 spiro atoms. The van der Waals surface area contributed by atoms with E-state index >= 15 is 0 Å². The van der Waals surface area contributed by atoms with Crippen molar-refractivity contribution in [3.05, 3.63) is 35.4 Å². The highest BCUT2D eigenvalue weighted by Gasteiger charge is 2.17. The maximum Gasteiger partial charge on any atom is 0.315 e. The number of benzene rings is 1. The molecule has 1 unspecified atom stereocenters. The summed E-state index contributed by atoms with van der Waals surface area (Å²) in [5.74, 6) is 0. The van der Waals surface area contributed by atoms with Crippen molar-refractivity contribution in [2.75, 3.05) is 13.7 Å². The van der Waals surface area contributed by atoms with Gasteiger partial charge in [0, 0.05) is 19.7 Å². The molecular weight excluding hydrogens is 276 g/mol. The van der Waals surface area contributed by atoms with E-state index in [2.05, 4.69) is 23.6 Å². The first-order valence-electron chi connectivity index (χ1n) is 8.33. The molecule has 0 saturated heterocycles. The van der Waals surface area contributed by atoms with Crippen LogP contribution in [0.5, 0.6) is 0 Å². The first-order valence-corrected chi connectivity index (χ1v) is 8.33. The minimum Gasteiger partial charge on any atom is -0.375 e. The van der Waals surface area contributed by atoms with Crippen molar-refractivity contribution < 1.29 is 9.53 Å². The lowest BCUT2D eigenvalue weighted by Crippen LogP contribution is -2.43. The van der Waals surface area contributed by atoms with E-state index in [-0.39, 0.29) is 12.1 Å². The number of ether oxygens (including phenoxy) is 1. The number of methoxy groups -OCH3 is 1. The van der Waals surface area contributed by atoms with E-state index in [1.165, 1.54) is 31.2 Å². The Hall–Kier alpha value is -1.55. The van der Waals surface area contributed by atoms with E-state index < -0.39 is 0 Å². The van der Waals surface area contributed by atoms with Crippen LogP contribution < -0.4 is 10.6 Å². The van der Waals surface area contributed by atoms with Gasteiger partial charge in [-0.25, -0.2) is 4.79 Å². The predicted molar refractivity (Wildman–Crippen MR) is 89.0 cm³/mol. The van der Waals surface area contributed by atoms with E-state index in [9.17, 15) is 4.79 Å². The maximum atomic E-state index is 12.1. The fourth-order valence-corrected chi connectivity index (χ4v) is 3.11. The van der Waals surface area contributed by atoms with Crippen molar-refractivity contribution in [3.8, 4) is 0 Å². The lowest BCUT2D eigenvalue weighted by atomic mass is 10.0. The molecule has 1 atom stereocenters. The molecule has 2 N–H and O–H groups in total. The van der Waals surface area contributed by atoms with Crippen LogP contribution in [-0.4, -0.2) is 25.7 Å². The lowest BCUT2D eigenvalue weighted by Gasteiger charge is -2.21. The highest BCUT2D eigenvalue weighted by Crippen LogP contribution is 2.20. The first kappa shape index (κ1) is 16.8. The molecule has 1 saturated carbocycles. The summed E-state index contributed by atoms with van der Waals surface area (Å²) in [4.78, 5) is 12.1. The fraction of sp³-hybridized carbons (Fsp3) is 0.611. The highest BCUT2D eigenvalue weighted by atomic mass is 16.5. The van der Waals surface area contributed by atoms with Gasteiger partial charge in [-0.05, 0) is 30.9 Å². The molecule has 4 nitrogen and oxygen atoms in total. The van der Waals surface area contributed by atoms with Crippen LogP contribution in [0, 0.1) is 6.92 Å². The topological polar surface area (TPSA) is 50.4 Å². The molecule has 0 aromatic heterocycles.